The number of hydrogen-bond donors (Lipinski definition) is 1. The van der Waals surface area contributed by atoms with E-state index in [9.17, 15) is 0 Å². The van der Waals surface area contributed by atoms with Crippen LogP contribution in [0.3, 0.4) is 0 Å². The molecule has 76 valence electrons. The highest BCUT2D eigenvalue weighted by atomic mass is 32.2. The van der Waals surface area contributed by atoms with Gasteiger partial charge in [-0.15, -0.1) is 11.8 Å². The number of aryl methyl sites for hydroxylation is 1. The van der Waals surface area contributed by atoms with E-state index in [2.05, 4.69) is 37.4 Å². The molecule has 0 fully saturated rings. The Balaban J connectivity index is 2.37. The molecule has 1 nitrogen and oxygen atoms in total. The maximum atomic E-state index is 3.29. The topological polar surface area (TPSA) is 12.0 Å². The van der Waals surface area contributed by atoms with Gasteiger partial charge >= 0.3 is 0 Å². The van der Waals surface area contributed by atoms with Crippen LogP contribution >= 0.6 is 11.8 Å². The van der Waals surface area contributed by atoms with Crippen LogP contribution in [0.15, 0.2) is 23.1 Å². The second-order valence-electron chi connectivity index (χ2n) is 3.98. The summed E-state index contributed by atoms with van der Waals surface area (Å²) in [6, 6.07) is 6.66. The van der Waals surface area contributed by atoms with Gasteiger partial charge in [0.2, 0.25) is 0 Å². The fourth-order valence-corrected chi connectivity index (χ4v) is 3.53. The van der Waals surface area contributed by atoms with Gasteiger partial charge in [0, 0.05) is 22.6 Å². The van der Waals surface area contributed by atoms with Crippen molar-refractivity contribution in [2.75, 3.05) is 13.6 Å². The van der Waals surface area contributed by atoms with Crippen LogP contribution in [0.25, 0.3) is 0 Å². The molecule has 1 aromatic rings. The van der Waals surface area contributed by atoms with Crippen LogP contribution in [-0.4, -0.2) is 18.8 Å². The number of nitrogens with one attached hydrogen (secondary N) is 1. The van der Waals surface area contributed by atoms with E-state index in [4.69, 9.17) is 0 Å². The Kier molecular flexibility index (Phi) is 2.84. The maximum absolute atomic E-state index is 3.29. The van der Waals surface area contributed by atoms with Crippen molar-refractivity contribution in [3.8, 4) is 0 Å². The quantitative estimate of drug-likeness (QED) is 0.800. The molecule has 0 amide bonds. The average Bonchev–Trinajstić information content (AvgIpc) is 2.47. The predicted molar refractivity (Wildman–Crippen MR) is 63.2 cm³/mol. The molecule has 1 aliphatic heterocycles. The Bertz CT molecular complexity index is 335. The third-order valence-electron chi connectivity index (χ3n) is 2.94. The summed E-state index contributed by atoms with van der Waals surface area (Å²) in [6.07, 6.45) is 0. The number of likely N-dealkylation sites (N-methyl/N-ethyl adjacent to an activating group) is 1. The van der Waals surface area contributed by atoms with Crippen LogP contribution < -0.4 is 5.32 Å². The van der Waals surface area contributed by atoms with E-state index in [0.717, 1.165) is 6.54 Å². The highest BCUT2D eigenvalue weighted by molar-refractivity contribution is 8.00. The fourth-order valence-electron chi connectivity index (χ4n) is 2.14. The monoisotopic (exact) mass is 207 g/mol. The standard InChI is InChI=1S/C12H17NS/c1-8-5-4-6-10-11(7-13-3)9(2)14-12(8)10/h4-6,9,11,13H,7H2,1-3H3. The van der Waals surface area contributed by atoms with Gasteiger partial charge in [-0.25, -0.2) is 0 Å². The van der Waals surface area contributed by atoms with E-state index in [-0.39, 0.29) is 0 Å². The lowest BCUT2D eigenvalue weighted by molar-refractivity contribution is 0.628. The minimum Gasteiger partial charge on any atom is -0.319 e. The SMILES string of the molecule is CNCC1c2cccc(C)c2SC1C. The number of thioether (sulfide) groups is 1. The lowest BCUT2D eigenvalue weighted by Crippen LogP contribution is -2.21. The van der Waals surface area contributed by atoms with Crippen LogP contribution in [0.2, 0.25) is 0 Å². The number of rotatable bonds is 2. The lowest BCUT2D eigenvalue weighted by Gasteiger charge is -2.14. The van der Waals surface area contributed by atoms with Gasteiger partial charge in [-0.3, -0.25) is 0 Å². The molecule has 0 radical (unpaired) electrons. The second-order valence-corrected chi connectivity index (χ2v) is 5.37. The Morgan fingerprint density at radius 2 is 2.21 bits per heavy atom. The normalized spacial score (nSPS) is 25.1. The molecule has 0 spiro atoms. The first-order valence-electron chi connectivity index (χ1n) is 5.15. The zero-order valence-electron chi connectivity index (χ0n) is 9.00. The highest BCUT2D eigenvalue weighted by Crippen LogP contribution is 2.46. The molecule has 0 bridgehead atoms. The van der Waals surface area contributed by atoms with Crippen molar-refractivity contribution in [2.24, 2.45) is 0 Å². The van der Waals surface area contributed by atoms with Gasteiger partial charge in [0.05, 0.1) is 0 Å². The van der Waals surface area contributed by atoms with E-state index < -0.39 is 0 Å². The first kappa shape index (κ1) is 10.1. The fraction of sp³-hybridized carbons (Fsp3) is 0.500. The van der Waals surface area contributed by atoms with Gasteiger partial charge in [0.1, 0.15) is 0 Å². The van der Waals surface area contributed by atoms with Crippen molar-refractivity contribution in [1.29, 1.82) is 0 Å². The molecule has 1 aliphatic rings. The van der Waals surface area contributed by atoms with E-state index in [0.29, 0.717) is 11.2 Å². The minimum atomic E-state index is 0.680. The molecule has 1 aromatic carbocycles. The predicted octanol–water partition coefficient (Wildman–Crippen LogP) is 2.79. The van der Waals surface area contributed by atoms with Crippen LogP contribution in [0.4, 0.5) is 0 Å². The molecular formula is C12H17NS. The Morgan fingerprint density at radius 1 is 1.43 bits per heavy atom. The largest absolute Gasteiger partial charge is 0.319 e. The molecule has 14 heavy (non-hydrogen) atoms. The van der Waals surface area contributed by atoms with E-state index in [1.807, 2.05) is 18.8 Å². The summed E-state index contributed by atoms with van der Waals surface area (Å²) in [6.45, 7) is 5.62. The van der Waals surface area contributed by atoms with Crippen molar-refractivity contribution < 1.29 is 0 Å². The van der Waals surface area contributed by atoms with Gasteiger partial charge in [-0.2, -0.15) is 0 Å². The summed E-state index contributed by atoms with van der Waals surface area (Å²) in [7, 11) is 2.03. The average molecular weight is 207 g/mol. The summed E-state index contributed by atoms with van der Waals surface area (Å²) in [5, 5.41) is 3.99. The molecule has 0 saturated carbocycles. The van der Waals surface area contributed by atoms with E-state index in [1.165, 1.54) is 16.0 Å². The van der Waals surface area contributed by atoms with Crippen LogP contribution in [0.5, 0.6) is 0 Å². The molecule has 2 unspecified atom stereocenters. The maximum Gasteiger partial charge on any atom is 0.0148 e. The van der Waals surface area contributed by atoms with Crippen molar-refractivity contribution in [3.05, 3.63) is 29.3 Å². The third-order valence-corrected chi connectivity index (χ3v) is 4.43. The summed E-state index contributed by atoms with van der Waals surface area (Å²) >= 11 is 2.03. The van der Waals surface area contributed by atoms with Crippen LogP contribution in [0.1, 0.15) is 24.0 Å². The molecule has 2 rings (SSSR count). The third kappa shape index (κ3) is 1.57. The summed E-state index contributed by atoms with van der Waals surface area (Å²) in [5.74, 6) is 0.680. The number of hydrogen-bond acceptors (Lipinski definition) is 2. The Hall–Kier alpha value is -0.470. The molecule has 1 N–H and O–H groups in total. The molecule has 2 heteroatoms. The second kappa shape index (κ2) is 3.95. The van der Waals surface area contributed by atoms with Gasteiger partial charge < -0.3 is 5.32 Å². The van der Waals surface area contributed by atoms with E-state index in [1.54, 1.807) is 0 Å². The van der Waals surface area contributed by atoms with Crippen molar-refractivity contribution in [1.82, 2.24) is 5.32 Å². The first-order valence-corrected chi connectivity index (χ1v) is 6.02. The minimum absolute atomic E-state index is 0.680. The molecule has 1 heterocycles. The molecule has 2 atom stereocenters. The van der Waals surface area contributed by atoms with Gasteiger partial charge in [0.25, 0.3) is 0 Å². The first-order chi connectivity index (χ1) is 6.74. The van der Waals surface area contributed by atoms with Gasteiger partial charge in [-0.1, -0.05) is 25.1 Å². The van der Waals surface area contributed by atoms with Crippen LogP contribution in [-0.2, 0) is 0 Å². The smallest absolute Gasteiger partial charge is 0.0148 e. The number of benzene rings is 1. The van der Waals surface area contributed by atoms with Crippen molar-refractivity contribution in [2.45, 2.75) is 29.9 Å². The molecule has 0 saturated heterocycles. The molecular weight excluding hydrogens is 190 g/mol. The summed E-state index contributed by atoms with van der Waals surface area (Å²) < 4.78 is 0. The lowest BCUT2D eigenvalue weighted by atomic mass is 9.95. The number of fused-ring (bicyclic) bond motifs is 1. The van der Waals surface area contributed by atoms with Gasteiger partial charge in [-0.05, 0) is 25.1 Å². The summed E-state index contributed by atoms with van der Waals surface area (Å²) in [4.78, 5) is 1.51. The highest BCUT2D eigenvalue weighted by Gasteiger charge is 2.30. The molecule has 0 aromatic heterocycles. The van der Waals surface area contributed by atoms with Crippen molar-refractivity contribution in [3.63, 3.8) is 0 Å². The zero-order chi connectivity index (χ0) is 10.1. The molecule has 0 aliphatic carbocycles. The van der Waals surface area contributed by atoms with Crippen molar-refractivity contribution >= 4 is 11.8 Å². The van der Waals surface area contributed by atoms with Gasteiger partial charge in [0.15, 0.2) is 0 Å². The van der Waals surface area contributed by atoms with E-state index >= 15 is 0 Å². The zero-order valence-corrected chi connectivity index (χ0v) is 9.82. The van der Waals surface area contributed by atoms with Crippen LogP contribution in [0, 0.1) is 6.92 Å². The summed E-state index contributed by atoms with van der Waals surface area (Å²) in [5.41, 5.74) is 2.97. The Labute approximate surface area is 90.3 Å². The Morgan fingerprint density at radius 3 is 2.93 bits per heavy atom.